The molecular formula is C27H28ClN5O3S. The molecule has 1 N–H and O–H groups in total. The van der Waals surface area contributed by atoms with Gasteiger partial charge in [-0.05, 0) is 29.7 Å². The fourth-order valence-electron chi connectivity index (χ4n) is 4.71. The van der Waals surface area contributed by atoms with Crippen molar-refractivity contribution in [2.45, 2.75) is 24.4 Å². The van der Waals surface area contributed by atoms with Crippen molar-refractivity contribution in [3.63, 3.8) is 0 Å². The van der Waals surface area contributed by atoms with Crippen molar-refractivity contribution in [1.82, 2.24) is 24.5 Å². The molecule has 2 aliphatic rings. The average molecular weight is 538 g/mol. The molecule has 192 valence electrons. The molecule has 3 aromatic rings. The number of carbonyl (C=O) groups excluding carboxylic acids is 1. The number of piperazine rings is 1. The van der Waals surface area contributed by atoms with E-state index in [0.29, 0.717) is 29.2 Å². The molecule has 8 nitrogen and oxygen atoms in total. The number of hydrogen-bond donors (Lipinski definition) is 1. The second-order valence-electron chi connectivity index (χ2n) is 9.35. The van der Waals surface area contributed by atoms with Crippen LogP contribution in [0.25, 0.3) is 10.9 Å². The summed E-state index contributed by atoms with van der Waals surface area (Å²) >= 11 is 6.24. The number of aromatic nitrogens is 2. The largest absolute Gasteiger partial charge is 0.336 e. The molecule has 0 radical (unpaired) electrons. The Morgan fingerprint density at radius 3 is 2.65 bits per heavy atom. The summed E-state index contributed by atoms with van der Waals surface area (Å²) in [6, 6.07) is 10.2. The minimum absolute atomic E-state index is 0.0377. The monoisotopic (exact) mass is 537 g/mol. The lowest BCUT2D eigenvalue weighted by molar-refractivity contribution is -0.128. The number of para-hydroxylation sites is 1. The number of amides is 1. The van der Waals surface area contributed by atoms with Crippen molar-refractivity contribution in [2.24, 2.45) is 5.92 Å². The molecule has 2 atom stereocenters. The molecule has 0 saturated carbocycles. The third-order valence-corrected chi connectivity index (χ3v) is 8.66. The van der Waals surface area contributed by atoms with Gasteiger partial charge in [0.25, 0.3) is 5.91 Å². The number of carbonyl (C=O) groups is 1. The van der Waals surface area contributed by atoms with Gasteiger partial charge in [0.15, 0.2) is 0 Å². The molecule has 5 rings (SSSR count). The Bertz CT molecular complexity index is 1480. The molecule has 2 aromatic heterocycles. The van der Waals surface area contributed by atoms with Crippen LogP contribution in [-0.4, -0.2) is 66.3 Å². The van der Waals surface area contributed by atoms with Crippen molar-refractivity contribution in [1.29, 1.82) is 0 Å². The summed E-state index contributed by atoms with van der Waals surface area (Å²) in [5.41, 5.74) is 2.04. The van der Waals surface area contributed by atoms with Crippen LogP contribution in [-0.2, 0) is 21.4 Å². The number of nitrogens with one attached hydrogen (secondary N) is 1. The van der Waals surface area contributed by atoms with E-state index in [9.17, 15) is 13.2 Å². The molecule has 10 heteroatoms. The van der Waals surface area contributed by atoms with Crippen molar-refractivity contribution >= 4 is 38.4 Å². The number of nitrogens with zero attached hydrogens (tertiary/aromatic N) is 4. The number of fused-ring (bicyclic) bond motifs is 1. The molecule has 2 unspecified atom stereocenters. The molecule has 1 amide bonds. The first-order valence-electron chi connectivity index (χ1n) is 12.2. The third kappa shape index (κ3) is 5.60. The van der Waals surface area contributed by atoms with E-state index < -0.39 is 16.1 Å². The zero-order chi connectivity index (χ0) is 26.0. The van der Waals surface area contributed by atoms with E-state index in [1.54, 1.807) is 48.9 Å². The summed E-state index contributed by atoms with van der Waals surface area (Å²) in [6.07, 6.45) is 10.3. The topological polar surface area (TPSA) is 95.5 Å². The van der Waals surface area contributed by atoms with Crippen molar-refractivity contribution in [2.75, 3.05) is 26.2 Å². The van der Waals surface area contributed by atoms with Crippen LogP contribution in [0.5, 0.6) is 0 Å². The first-order valence-corrected chi connectivity index (χ1v) is 14.0. The lowest BCUT2D eigenvalue weighted by atomic mass is 9.93. The van der Waals surface area contributed by atoms with Crippen LogP contribution in [0.4, 0.5) is 0 Å². The molecule has 1 aliphatic heterocycles. The van der Waals surface area contributed by atoms with Gasteiger partial charge >= 0.3 is 0 Å². The quantitative estimate of drug-likeness (QED) is 0.518. The molecule has 1 saturated heterocycles. The Morgan fingerprint density at radius 1 is 1.11 bits per heavy atom. The molecule has 0 bridgehead atoms. The number of rotatable bonds is 6. The van der Waals surface area contributed by atoms with Crippen LogP contribution in [0.2, 0.25) is 5.02 Å². The molecule has 3 heterocycles. The average Bonchev–Trinajstić information content (AvgIpc) is 2.91. The van der Waals surface area contributed by atoms with Gasteiger partial charge in [-0.3, -0.25) is 19.7 Å². The Kier molecular flexibility index (Phi) is 7.39. The second-order valence-corrected chi connectivity index (χ2v) is 11.4. The van der Waals surface area contributed by atoms with Crippen molar-refractivity contribution in [3.8, 4) is 0 Å². The maximum atomic E-state index is 13.2. The van der Waals surface area contributed by atoms with E-state index >= 15 is 0 Å². The SMILES string of the molecule is CC1C=C(C(=O)N2CCN(Cc3ccncc3Cl)CC2)C=CC1NS(=O)(=O)c1cccc2cccnc12. The first-order chi connectivity index (χ1) is 17.8. The zero-order valence-corrected chi connectivity index (χ0v) is 22.0. The van der Waals surface area contributed by atoms with Crippen LogP contribution in [0, 0.1) is 5.92 Å². The maximum Gasteiger partial charge on any atom is 0.253 e. The van der Waals surface area contributed by atoms with Crippen LogP contribution < -0.4 is 4.72 Å². The number of pyridine rings is 2. The third-order valence-electron chi connectivity index (χ3n) is 6.83. The number of sulfonamides is 1. The Labute approximate surface area is 221 Å². The van der Waals surface area contributed by atoms with Crippen LogP contribution in [0.1, 0.15) is 12.5 Å². The van der Waals surface area contributed by atoms with E-state index in [1.165, 1.54) is 0 Å². The highest BCUT2D eigenvalue weighted by Gasteiger charge is 2.29. The van der Waals surface area contributed by atoms with Crippen LogP contribution >= 0.6 is 11.6 Å². The van der Waals surface area contributed by atoms with Gasteiger partial charge in [0.2, 0.25) is 10.0 Å². The minimum Gasteiger partial charge on any atom is -0.336 e. The first kappa shape index (κ1) is 25.5. The van der Waals surface area contributed by atoms with Gasteiger partial charge in [0, 0.05) is 68.3 Å². The van der Waals surface area contributed by atoms with Gasteiger partial charge < -0.3 is 4.90 Å². The summed E-state index contributed by atoms with van der Waals surface area (Å²) in [4.78, 5) is 25.7. The van der Waals surface area contributed by atoms with Crippen LogP contribution in [0.15, 0.2) is 83.7 Å². The summed E-state index contributed by atoms with van der Waals surface area (Å²) in [5, 5.41) is 1.41. The van der Waals surface area contributed by atoms with E-state index in [2.05, 4.69) is 19.6 Å². The fourth-order valence-corrected chi connectivity index (χ4v) is 6.36. The highest BCUT2D eigenvalue weighted by molar-refractivity contribution is 7.89. The maximum absolute atomic E-state index is 13.2. The van der Waals surface area contributed by atoms with Gasteiger partial charge in [0.1, 0.15) is 4.90 Å². The van der Waals surface area contributed by atoms with Crippen molar-refractivity contribution in [3.05, 3.63) is 89.4 Å². The van der Waals surface area contributed by atoms with Crippen LogP contribution in [0.3, 0.4) is 0 Å². The normalized spacial score (nSPS) is 20.7. The predicted molar refractivity (Wildman–Crippen MR) is 143 cm³/mol. The van der Waals surface area contributed by atoms with E-state index in [4.69, 9.17) is 11.6 Å². The predicted octanol–water partition coefficient (Wildman–Crippen LogP) is 3.41. The smallest absolute Gasteiger partial charge is 0.253 e. The van der Waals surface area contributed by atoms with Gasteiger partial charge in [-0.2, -0.15) is 0 Å². The minimum atomic E-state index is -3.82. The zero-order valence-electron chi connectivity index (χ0n) is 20.4. The molecule has 0 spiro atoms. The van der Waals surface area contributed by atoms with E-state index in [0.717, 1.165) is 30.6 Å². The summed E-state index contributed by atoms with van der Waals surface area (Å²) in [7, 11) is -3.82. The summed E-state index contributed by atoms with van der Waals surface area (Å²) in [6.45, 7) is 5.35. The van der Waals surface area contributed by atoms with Gasteiger partial charge in [-0.1, -0.05) is 55.0 Å². The molecule has 1 aliphatic carbocycles. The van der Waals surface area contributed by atoms with Gasteiger partial charge in [-0.25, -0.2) is 13.1 Å². The standard InChI is InChI=1S/C27H28ClN5O3S/c1-19-16-21(27(34)33-14-12-32(13-15-33)18-22-9-11-29-17-23(22)28)7-8-24(19)31-37(35,36)25-6-2-4-20-5-3-10-30-26(20)25/h2-11,16-17,19,24,31H,12-15,18H2,1H3. The Hall–Kier alpha value is -3.11. The Morgan fingerprint density at radius 2 is 1.89 bits per heavy atom. The summed E-state index contributed by atoms with van der Waals surface area (Å²) < 4.78 is 29.2. The molecular weight excluding hydrogens is 510 g/mol. The Balaban J connectivity index is 1.21. The van der Waals surface area contributed by atoms with E-state index in [-0.39, 0.29) is 16.7 Å². The van der Waals surface area contributed by atoms with Gasteiger partial charge in [0.05, 0.1) is 10.5 Å². The summed E-state index contributed by atoms with van der Waals surface area (Å²) in [5.74, 6) is -0.235. The van der Waals surface area contributed by atoms with Gasteiger partial charge in [-0.15, -0.1) is 0 Å². The lowest BCUT2D eigenvalue weighted by Crippen LogP contribution is -2.49. The molecule has 1 aromatic carbocycles. The lowest BCUT2D eigenvalue weighted by Gasteiger charge is -2.35. The van der Waals surface area contributed by atoms with E-state index in [1.807, 2.05) is 36.1 Å². The highest BCUT2D eigenvalue weighted by Crippen LogP contribution is 2.25. The second kappa shape index (κ2) is 10.7. The molecule has 1 fully saturated rings. The number of benzene rings is 1. The van der Waals surface area contributed by atoms with Crippen molar-refractivity contribution < 1.29 is 13.2 Å². The molecule has 37 heavy (non-hydrogen) atoms. The highest BCUT2D eigenvalue weighted by atomic mass is 35.5. The number of hydrogen-bond acceptors (Lipinski definition) is 6. The number of halogens is 1. The fraction of sp³-hybridized carbons (Fsp3) is 0.296.